The van der Waals surface area contributed by atoms with Crippen LogP contribution in [0.4, 0.5) is 10.1 Å². The molecule has 0 bridgehead atoms. The smallest absolute Gasteiger partial charge is 0.237 e. The first kappa shape index (κ1) is 11.2. The van der Waals surface area contributed by atoms with Crippen LogP contribution < -0.4 is 5.43 Å². The standard InChI is InChI=1S/C9H4BrFN4/c10-8-2-1-6(11)3-9(8)15-14-7(4-12)5-13/h1-3,15H. The summed E-state index contributed by atoms with van der Waals surface area (Å²) in [5, 5.41) is 20.3. The van der Waals surface area contributed by atoms with E-state index >= 15 is 0 Å². The van der Waals surface area contributed by atoms with E-state index in [-0.39, 0.29) is 5.71 Å². The van der Waals surface area contributed by atoms with Gasteiger partial charge in [0.1, 0.15) is 18.0 Å². The van der Waals surface area contributed by atoms with Gasteiger partial charge >= 0.3 is 0 Å². The zero-order valence-electron chi connectivity index (χ0n) is 7.33. The highest BCUT2D eigenvalue weighted by molar-refractivity contribution is 9.10. The fraction of sp³-hybridized carbons (Fsp3) is 0. The van der Waals surface area contributed by atoms with Gasteiger partial charge in [-0.2, -0.15) is 15.6 Å². The summed E-state index contributed by atoms with van der Waals surface area (Å²) in [7, 11) is 0. The van der Waals surface area contributed by atoms with Crippen molar-refractivity contribution in [1.82, 2.24) is 0 Å². The van der Waals surface area contributed by atoms with E-state index < -0.39 is 5.82 Å². The van der Waals surface area contributed by atoms with Crippen LogP contribution in [0.5, 0.6) is 0 Å². The molecule has 0 aliphatic rings. The Labute approximate surface area is 93.8 Å². The Balaban J connectivity index is 2.92. The van der Waals surface area contributed by atoms with Crippen molar-refractivity contribution in [1.29, 1.82) is 10.5 Å². The molecule has 4 nitrogen and oxygen atoms in total. The van der Waals surface area contributed by atoms with Gasteiger partial charge in [0.25, 0.3) is 0 Å². The van der Waals surface area contributed by atoms with Gasteiger partial charge in [0.05, 0.1) is 5.69 Å². The third kappa shape index (κ3) is 3.04. The summed E-state index contributed by atoms with van der Waals surface area (Å²) in [6.45, 7) is 0. The lowest BCUT2D eigenvalue weighted by Gasteiger charge is -2.02. The van der Waals surface area contributed by atoms with Crippen LogP contribution in [-0.4, -0.2) is 5.71 Å². The number of nitriles is 2. The summed E-state index contributed by atoms with van der Waals surface area (Å²) in [5.74, 6) is -0.439. The Morgan fingerprint density at radius 3 is 2.67 bits per heavy atom. The normalized spacial score (nSPS) is 8.53. The predicted molar refractivity (Wildman–Crippen MR) is 56.4 cm³/mol. The lowest BCUT2D eigenvalue weighted by atomic mass is 10.3. The van der Waals surface area contributed by atoms with Gasteiger partial charge in [0.2, 0.25) is 5.71 Å². The highest BCUT2D eigenvalue weighted by atomic mass is 79.9. The number of benzene rings is 1. The topological polar surface area (TPSA) is 72.0 Å². The van der Waals surface area contributed by atoms with Crippen molar-refractivity contribution >= 4 is 27.3 Å². The van der Waals surface area contributed by atoms with Crippen molar-refractivity contribution in [2.75, 3.05) is 5.43 Å². The van der Waals surface area contributed by atoms with Gasteiger partial charge in [0.15, 0.2) is 0 Å². The van der Waals surface area contributed by atoms with Crippen LogP contribution in [0.3, 0.4) is 0 Å². The van der Waals surface area contributed by atoms with E-state index in [0.717, 1.165) is 0 Å². The van der Waals surface area contributed by atoms with Crippen molar-refractivity contribution in [2.45, 2.75) is 0 Å². The van der Waals surface area contributed by atoms with Crippen LogP contribution in [0.2, 0.25) is 0 Å². The maximum atomic E-state index is 12.8. The third-order valence-corrected chi connectivity index (χ3v) is 2.12. The molecule has 0 heterocycles. The molecule has 1 N–H and O–H groups in total. The molecule has 0 spiro atoms. The van der Waals surface area contributed by atoms with Gasteiger partial charge in [-0.3, -0.25) is 5.43 Å². The number of halogens is 2. The van der Waals surface area contributed by atoms with E-state index in [1.54, 1.807) is 12.1 Å². The van der Waals surface area contributed by atoms with Crippen molar-refractivity contribution < 1.29 is 4.39 Å². The number of hydrogen-bond donors (Lipinski definition) is 1. The van der Waals surface area contributed by atoms with E-state index in [0.29, 0.717) is 10.2 Å². The number of nitrogens with zero attached hydrogens (tertiary/aromatic N) is 3. The summed E-state index contributed by atoms with van der Waals surface area (Å²) in [5.41, 5.74) is 2.43. The van der Waals surface area contributed by atoms with Crippen molar-refractivity contribution in [3.8, 4) is 12.1 Å². The van der Waals surface area contributed by atoms with E-state index in [2.05, 4.69) is 26.5 Å². The molecular formula is C9H4BrFN4. The highest BCUT2D eigenvalue weighted by Crippen LogP contribution is 2.22. The Bertz CT molecular complexity index is 468. The number of nitrogens with one attached hydrogen (secondary N) is 1. The van der Waals surface area contributed by atoms with Gasteiger partial charge in [-0.25, -0.2) is 4.39 Å². The predicted octanol–water partition coefficient (Wildman–Crippen LogP) is 2.40. The molecule has 0 amide bonds. The van der Waals surface area contributed by atoms with Gasteiger partial charge in [-0.15, -0.1) is 0 Å². The molecule has 6 heteroatoms. The Morgan fingerprint density at radius 1 is 1.40 bits per heavy atom. The molecule has 0 unspecified atom stereocenters. The fourth-order valence-electron chi connectivity index (χ4n) is 0.774. The Hall–Kier alpha value is -1.92. The minimum Gasteiger partial charge on any atom is -0.275 e. The lowest BCUT2D eigenvalue weighted by Crippen LogP contribution is -1.97. The zero-order valence-corrected chi connectivity index (χ0v) is 8.92. The molecule has 1 rings (SSSR count). The first-order chi connectivity index (χ1) is 7.17. The van der Waals surface area contributed by atoms with Crippen molar-refractivity contribution in [2.24, 2.45) is 5.10 Å². The highest BCUT2D eigenvalue weighted by Gasteiger charge is 2.01. The van der Waals surface area contributed by atoms with Gasteiger partial charge in [0, 0.05) is 4.47 Å². The minimum atomic E-state index is -0.439. The second-order valence-corrected chi connectivity index (χ2v) is 3.27. The molecule has 0 fully saturated rings. The summed E-state index contributed by atoms with van der Waals surface area (Å²) in [4.78, 5) is 0. The molecule has 0 aromatic heterocycles. The van der Waals surface area contributed by atoms with E-state index in [1.165, 1.54) is 18.2 Å². The van der Waals surface area contributed by atoms with Gasteiger partial charge in [-0.05, 0) is 34.1 Å². The van der Waals surface area contributed by atoms with E-state index in [1.807, 2.05) is 0 Å². The van der Waals surface area contributed by atoms with Gasteiger partial charge in [-0.1, -0.05) is 0 Å². The third-order valence-electron chi connectivity index (χ3n) is 1.43. The summed E-state index contributed by atoms with van der Waals surface area (Å²) >= 11 is 3.16. The molecule has 0 atom stereocenters. The number of hydrogen-bond acceptors (Lipinski definition) is 4. The molecule has 0 saturated heterocycles. The maximum Gasteiger partial charge on any atom is 0.237 e. The van der Waals surface area contributed by atoms with Crippen molar-refractivity contribution in [3.63, 3.8) is 0 Å². The first-order valence-electron chi connectivity index (χ1n) is 3.76. The number of rotatable bonds is 2. The average Bonchev–Trinajstić information content (AvgIpc) is 2.24. The van der Waals surface area contributed by atoms with Crippen LogP contribution in [0.1, 0.15) is 0 Å². The van der Waals surface area contributed by atoms with Crippen LogP contribution in [-0.2, 0) is 0 Å². The number of anilines is 1. The molecule has 0 aliphatic carbocycles. The average molecular weight is 267 g/mol. The first-order valence-corrected chi connectivity index (χ1v) is 4.55. The largest absolute Gasteiger partial charge is 0.275 e. The summed E-state index contributed by atoms with van der Waals surface area (Å²) in [6, 6.07) is 7.11. The lowest BCUT2D eigenvalue weighted by molar-refractivity contribution is 0.628. The van der Waals surface area contributed by atoms with Crippen LogP contribution in [0, 0.1) is 28.5 Å². The molecule has 0 saturated carbocycles. The monoisotopic (exact) mass is 266 g/mol. The summed E-state index contributed by atoms with van der Waals surface area (Å²) in [6.07, 6.45) is 0. The second-order valence-electron chi connectivity index (χ2n) is 2.42. The van der Waals surface area contributed by atoms with Crippen LogP contribution in [0.25, 0.3) is 0 Å². The molecular weight excluding hydrogens is 263 g/mol. The zero-order chi connectivity index (χ0) is 11.3. The second kappa shape index (κ2) is 5.08. The van der Waals surface area contributed by atoms with E-state index in [4.69, 9.17) is 10.5 Å². The molecule has 15 heavy (non-hydrogen) atoms. The minimum absolute atomic E-state index is 0.328. The molecule has 74 valence electrons. The van der Waals surface area contributed by atoms with Gasteiger partial charge < -0.3 is 0 Å². The SMILES string of the molecule is N#CC(C#N)=NNc1cc(F)ccc1Br. The number of hydrazone groups is 1. The quantitative estimate of drug-likeness (QED) is 0.660. The molecule has 0 aliphatic heterocycles. The summed E-state index contributed by atoms with van der Waals surface area (Å²) < 4.78 is 13.4. The van der Waals surface area contributed by atoms with Crippen molar-refractivity contribution in [3.05, 3.63) is 28.5 Å². The fourth-order valence-corrected chi connectivity index (χ4v) is 1.11. The molecule has 1 aromatic rings. The van der Waals surface area contributed by atoms with E-state index in [9.17, 15) is 4.39 Å². The Kier molecular flexibility index (Phi) is 3.78. The Morgan fingerprint density at radius 2 is 2.07 bits per heavy atom. The molecule has 1 aromatic carbocycles. The molecule has 0 radical (unpaired) electrons. The van der Waals surface area contributed by atoms with Crippen LogP contribution in [0.15, 0.2) is 27.8 Å². The maximum absolute atomic E-state index is 12.8. The van der Waals surface area contributed by atoms with Crippen LogP contribution >= 0.6 is 15.9 Å².